The zero-order valence-corrected chi connectivity index (χ0v) is 10.4. The highest BCUT2D eigenvalue weighted by molar-refractivity contribution is 7.98. The Morgan fingerprint density at radius 1 is 1.50 bits per heavy atom. The molecule has 0 aliphatic carbocycles. The van der Waals surface area contributed by atoms with Crippen molar-refractivity contribution in [3.63, 3.8) is 0 Å². The van der Waals surface area contributed by atoms with Crippen molar-refractivity contribution in [1.29, 1.82) is 0 Å². The van der Waals surface area contributed by atoms with Crippen molar-refractivity contribution in [2.75, 3.05) is 18.6 Å². The van der Waals surface area contributed by atoms with E-state index in [1.54, 1.807) is 24.8 Å². The summed E-state index contributed by atoms with van der Waals surface area (Å²) in [7, 11) is 0. The molecule has 0 bridgehead atoms. The zero-order valence-electron chi connectivity index (χ0n) is 9.57. The van der Waals surface area contributed by atoms with Gasteiger partial charge in [-0.2, -0.15) is 11.8 Å². The first-order valence-corrected chi connectivity index (χ1v) is 6.63. The maximum atomic E-state index is 13.0. The van der Waals surface area contributed by atoms with Gasteiger partial charge in [0.05, 0.1) is 12.7 Å². The number of hydrogen-bond donors (Lipinski definition) is 1. The van der Waals surface area contributed by atoms with Gasteiger partial charge in [-0.25, -0.2) is 4.39 Å². The normalized spacial score (nSPS) is 12.5. The molecular weight excluding hydrogens is 227 g/mol. The monoisotopic (exact) mass is 244 g/mol. The van der Waals surface area contributed by atoms with Gasteiger partial charge in [0.25, 0.3) is 0 Å². The molecule has 90 valence electrons. The average molecular weight is 244 g/mol. The van der Waals surface area contributed by atoms with E-state index in [0.717, 1.165) is 12.2 Å². The van der Waals surface area contributed by atoms with Gasteiger partial charge in [-0.15, -0.1) is 0 Å². The van der Waals surface area contributed by atoms with E-state index in [-0.39, 0.29) is 5.82 Å². The van der Waals surface area contributed by atoms with Crippen molar-refractivity contribution < 1.29 is 14.2 Å². The molecular formula is C12H17FO2S. The molecule has 0 fully saturated rings. The Morgan fingerprint density at radius 3 is 2.88 bits per heavy atom. The van der Waals surface area contributed by atoms with Crippen LogP contribution in [-0.4, -0.2) is 23.7 Å². The molecule has 2 nitrogen and oxygen atoms in total. The van der Waals surface area contributed by atoms with Gasteiger partial charge in [-0.1, -0.05) is 0 Å². The summed E-state index contributed by atoms with van der Waals surface area (Å²) in [4.78, 5) is 0. The second-order valence-electron chi connectivity index (χ2n) is 3.55. The Bertz CT molecular complexity index is 329. The largest absolute Gasteiger partial charge is 0.493 e. The van der Waals surface area contributed by atoms with Crippen molar-refractivity contribution in [2.24, 2.45) is 0 Å². The van der Waals surface area contributed by atoms with Gasteiger partial charge in [-0.05, 0) is 43.6 Å². The maximum Gasteiger partial charge on any atom is 0.125 e. The highest BCUT2D eigenvalue weighted by atomic mass is 32.2. The minimum Gasteiger partial charge on any atom is -0.493 e. The first-order valence-electron chi connectivity index (χ1n) is 5.24. The molecule has 1 rings (SSSR count). The molecule has 0 aliphatic rings. The van der Waals surface area contributed by atoms with E-state index in [1.807, 2.05) is 6.26 Å². The van der Waals surface area contributed by atoms with Crippen molar-refractivity contribution >= 4 is 11.8 Å². The molecule has 0 aromatic heterocycles. The van der Waals surface area contributed by atoms with Gasteiger partial charge in [0.2, 0.25) is 0 Å². The van der Waals surface area contributed by atoms with Crippen LogP contribution in [0.1, 0.15) is 25.0 Å². The molecule has 1 atom stereocenters. The molecule has 0 heterocycles. The van der Waals surface area contributed by atoms with E-state index in [2.05, 4.69) is 0 Å². The summed E-state index contributed by atoms with van der Waals surface area (Å²) >= 11 is 1.76. The molecule has 4 heteroatoms. The molecule has 0 saturated carbocycles. The quantitative estimate of drug-likeness (QED) is 0.780. The predicted octanol–water partition coefficient (Wildman–Crippen LogP) is 3.01. The van der Waals surface area contributed by atoms with Crippen LogP contribution >= 0.6 is 11.8 Å². The van der Waals surface area contributed by atoms with E-state index in [4.69, 9.17) is 4.74 Å². The number of benzene rings is 1. The topological polar surface area (TPSA) is 29.5 Å². The molecule has 0 saturated heterocycles. The lowest BCUT2D eigenvalue weighted by Gasteiger charge is -2.13. The third-order valence-corrected chi connectivity index (χ3v) is 2.87. The van der Waals surface area contributed by atoms with Crippen LogP contribution in [0.25, 0.3) is 0 Å². The predicted molar refractivity (Wildman–Crippen MR) is 65.5 cm³/mol. The van der Waals surface area contributed by atoms with E-state index < -0.39 is 6.10 Å². The van der Waals surface area contributed by atoms with Crippen LogP contribution in [0.5, 0.6) is 5.75 Å². The summed E-state index contributed by atoms with van der Waals surface area (Å²) in [6, 6.07) is 4.22. The molecule has 0 aliphatic heterocycles. The number of halogens is 1. The summed E-state index contributed by atoms with van der Waals surface area (Å²) < 4.78 is 18.5. The third kappa shape index (κ3) is 4.02. The molecule has 0 spiro atoms. The van der Waals surface area contributed by atoms with Gasteiger partial charge in [0, 0.05) is 5.56 Å². The fraction of sp³-hybridized carbons (Fsp3) is 0.500. The standard InChI is InChI=1S/C12H17FO2S/c1-9(14)11-8-10(13)4-5-12(11)15-6-3-7-16-2/h4-5,8-9,14H,3,6-7H2,1-2H3/t9-/m0/s1. The van der Waals surface area contributed by atoms with E-state index in [0.29, 0.717) is 17.9 Å². The number of aliphatic hydroxyl groups excluding tert-OH is 1. The number of thioether (sulfide) groups is 1. The molecule has 0 amide bonds. The second kappa shape index (κ2) is 6.76. The van der Waals surface area contributed by atoms with E-state index in [9.17, 15) is 9.50 Å². The number of aliphatic hydroxyl groups is 1. The second-order valence-corrected chi connectivity index (χ2v) is 4.54. The van der Waals surface area contributed by atoms with Gasteiger partial charge in [0.1, 0.15) is 11.6 Å². The van der Waals surface area contributed by atoms with Crippen LogP contribution in [0.4, 0.5) is 4.39 Å². The zero-order chi connectivity index (χ0) is 12.0. The summed E-state index contributed by atoms with van der Waals surface area (Å²) in [5.41, 5.74) is 0.504. The summed E-state index contributed by atoms with van der Waals surface area (Å²) in [5.74, 6) is 1.25. The van der Waals surface area contributed by atoms with Crippen molar-refractivity contribution in [2.45, 2.75) is 19.4 Å². The lowest BCUT2D eigenvalue weighted by Crippen LogP contribution is -2.03. The Balaban J connectivity index is 2.64. The summed E-state index contributed by atoms with van der Waals surface area (Å²) in [6.45, 7) is 2.19. The first kappa shape index (κ1) is 13.3. The van der Waals surface area contributed by atoms with Crippen molar-refractivity contribution in [1.82, 2.24) is 0 Å². The Labute approximate surface area is 99.8 Å². The fourth-order valence-corrected chi connectivity index (χ4v) is 1.77. The molecule has 1 aromatic rings. The molecule has 1 aromatic carbocycles. The SMILES string of the molecule is CSCCCOc1ccc(F)cc1[C@H](C)O. The highest BCUT2D eigenvalue weighted by Gasteiger charge is 2.10. The number of rotatable bonds is 6. The smallest absolute Gasteiger partial charge is 0.125 e. The number of hydrogen-bond acceptors (Lipinski definition) is 3. The maximum absolute atomic E-state index is 13.0. The molecule has 1 N–H and O–H groups in total. The minimum absolute atomic E-state index is 0.354. The number of ether oxygens (including phenoxy) is 1. The van der Waals surface area contributed by atoms with Crippen molar-refractivity contribution in [3.8, 4) is 5.75 Å². The van der Waals surface area contributed by atoms with Crippen LogP contribution in [-0.2, 0) is 0 Å². The van der Waals surface area contributed by atoms with Crippen LogP contribution in [0, 0.1) is 5.82 Å². The van der Waals surface area contributed by atoms with E-state index in [1.165, 1.54) is 12.1 Å². The highest BCUT2D eigenvalue weighted by Crippen LogP contribution is 2.26. The minimum atomic E-state index is -0.716. The first-order chi connectivity index (χ1) is 7.65. The van der Waals surface area contributed by atoms with Gasteiger partial charge >= 0.3 is 0 Å². The Kier molecular flexibility index (Phi) is 5.63. The lowest BCUT2D eigenvalue weighted by atomic mass is 10.1. The van der Waals surface area contributed by atoms with E-state index >= 15 is 0 Å². The Morgan fingerprint density at radius 2 is 2.25 bits per heavy atom. The van der Waals surface area contributed by atoms with Crippen LogP contribution in [0.15, 0.2) is 18.2 Å². The third-order valence-electron chi connectivity index (χ3n) is 2.17. The summed E-state index contributed by atoms with van der Waals surface area (Å²) in [6.07, 6.45) is 2.27. The van der Waals surface area contributed by atoms with Gasteiger partial charge in [0.15, 0.2) is 0 Å². The van der Waals surface area contributed by atoms with Gasteiger partial charge in [-0.3, -0.25) is 0 Å². The van der Waals surface area contributed by atoms with Crippen LogP contribution in [0.2, 0.25) is 0 Å². The fourth-order valence-electron chi connectivity index (χ4n) is 1.36. The Hall–Kier alpha value is -0.740. The van der Waals surface area contributed by atoms with Crippen LogP contribution < -0.4 is 4.74 Å². The average Bonchev–Trinajstić information content (AvgIpc) is 2.26. The molecule has 16 heavy (non-hydrogen) atoms. The summed E-state index contributed by atoms with van der Waals surface area (Å²) in [5, 5.41) is 9.48. The molecule has 0 unspecified atom stereocenters. The lowest BCUT2D eigenvalue weighted by molar-refractivity contribution is 0.190. The van der Waals surface area contributed by atoms with Gasteiger partial charge < -0.3 is 9.84 Å². The van der Waals surface area contributed by atoms with Crippen molar-refractivity contribution in [3.05, 3.63) is 29.6 Å². The van der Waals surface area contributed by atoms with Crippen LogP contribution in [0.3, 0.4) is 0 Å². The molecule has 0 radical (unpaired) electrons.